The van der Waals surface area contributed by atoms with Gasteiger partial charge in [-0.2, -0.15) is 4.36 Å². The SMILES string of the molecule is Cc1cccc(S(C)(=O)=NC(=O)c2cncc(C#CCn3cnc(Cl)c3Cl)c2)c1. The fraction of sp³-hybridized carbons (Fsp3) is 0.150. The molecule has 1 aromatic carbocycles. The number of imidazole rings is 1. The molecule has 2 aromatic heterocycles. The maximum absolute atomic E-state index is 12.9. The average molecular weight is 447 g/mol. The summed E-state index contributed by atoms with van der Waals surface area (Å²) >= 11 is 11.8. The molecule has 9 heteroatoms. The predicted octanol–water partition coefficient (Wildman–Crippen LogP) is 4.24. The molecular formula is C20H16Cl2N4O2S. The fourth-order valence-electron chi connectivity index (χ4n) is 2.42. The van der Waals surface area contributed by atoms with E-state index in [4.69, 9.17) is 23.2 Å². The molecular weight excluding hydrogens is 431 g/mol. The number of aromatic nitrogens is 3. The van der Waals surface area contributed by atoms with Gasteiger partial charge < -0.3 is 4.57 Å². The number of pyridine rings is 1. The summed E-state index contributed by atoms with van der Waals surface area (Å²) < 4.78 is 18.4. The van der Waals surface area contributed by atoms with Gasteiger partial charge in [-0.3, -0.25) is 9.78 Å². The first kappa shape index (κ1) is 21.1. The Balaban J connectivity index is 1.82. The summed E-state index contributed by atoms with van der Waals surface area (Å²) in [7, 11) is -2.87. The van der Waals surface area contributed by atoms with Gasteiger partial charge in [0.25, 0.3) is 5.91 Å². The number of carbonyl (C=O) groups is 1. The first-order valence-corrected chi connectivity index (χ1v) is 11.1. The number of benzene rings is 1. The minimum atomic E-state index is -2.87. The van der Waals surface area contributed by atoms with Gasteiger partial charge >= 0.3 is 0 Å². The molecule has 29 heavy (non-hydrogen) atoms. The van der Waals surface area contributed by atoms with Crippen LogP contribution in [0.4, 0.5) is 0 Å². The lowest BCUT2D eigenvalue weighted by atomic mass is 10.2. The van der Waals surface area contributed by atoms with Crippen molar-refractivity contribution in [1.82, 2.24) is 14.5 Å². The molecule has 6 nitrogen and oxygen atoms in total. The van der Waals surface area contributed by atoms with Crippen molar-refractivity contribution in [2.75, 3.05) is 6.26 Å². The van der Waals surface area contributed by atoms with E-state index in [0.717, 1.165) is 5.56 Å². The monoisotopic (exact) mass is 446 g/mol. The minimum Gasteiger partial charge on any atom is -0.309 e. The van der Waals surface area contributed by atoms with Gasteiger partial charge in [0.2, 0.25) is 0 Å². The van der Waals surface area contributed by atoms with Crippen molar-refractivity contribution < 1.29 is 9.00 Å². The second kappa shape index (κ2) is 8.78. The third-order valence-corrected chi connectivity index (χ3v) is 6.30. The standard InChI is InChI=1S/C20H16Cl2N4O2S/c1-14-5-3-7-17(9-14)29(2,28)25-20(27)16-10-15(11-23-12-16)6-4-8-26-13-24-18(21)19(26)22/h3,5,7,9-13H,8H2,1-2H3. The summed E-state index contributed by atoms with van der Waals surface area (Å²) in [6.07, 6.45) is 5.82. The molecule has 148 valence electrons. The topological polar surface area (TPSA) is 77.2 Å². The summed E-state index contributed by atoms with van der Waals surface area (Å²) in [5.74, 6) is 5.20. The first-order chi connectivity index (χ1) is 13.8. The Labute approximate surface area is 179 Å². The number of amides is 1. The molecule has 1 unspecified atom stereocenters. The normalized spacial score (nSPS) is 12.6. The number of halogens is 2. The molecule has 2 heterocycles. The maximum Gasteiger partial charge on any atom is 0.286 e. The van der Waals surface area contributed by atoms with E-state index in [0.29, 0.717) is 15.6 Å². The number of hydrogen-bond acceptors (Lipinski definition) is 4. The van der Waals surface area contributed by atoms with Crippen molar-refractivity contribution in [1.29, 1.82) is 0 Å². The number of aryl methyl sites for hydroxylation is 1. The molecule has 0 aliphatic heterocycles. The summed E-state index contributed by atoms with van der Waals surface area (Å²) in [5.41, 5.74) is 1.67. The second-order valence-corrected chi connectivity index (χ2v) is 9.21. The predicted molar refractivity (Wildman–Crippen MR) is 114 cm³/mol. The molecule has 0 spiro atoms. The van der Waals surface area contributed by atoms with E-state index < -0.39 is 15.6 Å². The molecule has 0 bridgehead atoms. The van der Waals surface area contributed by atoms with Crippen molar-refractivity contribution in [3.05, 3.63) is 76.0 Å². The van der Waals surface area contributed by atoms with E-state index in [2.05, 4.69) is 26.2 Å². The highest BCUT2D eigenvalue weighted by Crippen LogP contribution is 2.19. The average Bonchev–Trinajstić information content (AvgIpc) is 3.00. The first-order valence-electron chi connectivity index (χ1n) is 8.39. The van der Waals surface area contributed by atoms with Crippen molar-refractivity contribution in [2.45, 2.75) is 18.4 Å². The number of carbonyl (C=O) groups excluding carboxylic acids is 1. The van der Waals surface area contributed by atoms with Gasteiger partial charge in [-0.1, -0.05) is 47.2 Å². The van der Waals surface area contributed by atoms with Crippen LogP contribution in [-0.4, -0.2) is 30.9 Å². The molecule has 0 aliphatic rings. The van der Waals surface area contributed by atoms with Gasteiger partial charge in [-0.25, -0.2) is 9.19 Å². The summed E-state index contributed by atoms with van der Waals surface area (Å²) in [5, 5.41) is 0.511. The molecule has 0 saturated heterocycles. The zero-order chi connectivity index (χ0) is 21.0. The van der Waals surface area contributed by atoms with Crippen molar-refractivity contribution >= 4 is 38.8 Å². The number of nitrogens with zero attached hydrogens (tertiary/aromatic N) is 4. The molecule has 0 N–H and O–H groups in total. The van der Waals surface area contributed by atoms with Gasteiger partial charge in [0, 0.05) is 29.1 Å². The summed E-state index contributed by atoms with van der Waals surface area (Å²) in [6, 6.07) is 8.68. The molecule has 3 aromatic rings. The summed E-state index contributed by atoms with van der Waals surface area (Å²) in [4.78, 5) is 20.9. The molecule has 3 rings (SSSR count). The van der Waals surface area contributed by atoms with Crippen molar-refractivity contribution in [3.8, 4) is 11.8 Å². The molecule has 0 saturated carbocycles. The van der Waals surface area contributed by atoms with Crippen LogP contribution < -0.4 is 0 Å². The quantitative estimate of drug-likeness (QED) is 0.563. The molecule has 1 amide bonds. The van der Waals surface area contributed by atoms with Gasteiger partial charge in [0.15, 0.2) is 5.15 Å². The van der Waals surface area contributed by atoms with Crippen LogP contribution in [-0.2, 0) is 16.3 Å². The third kappa shape index (κ3) is 5.24. The van der Waals surface area contributed by atoms with E-state index in [9.17, 15) is 9.00 Å². The zero-order valence-electron chi connectivity index (χ0n) is 15.6. The third-order valence-electron chi connectivity index (χ3n) is 3.88. The summed E-state index contributed by atoms with van der Waals surface area (Å²) in [6.45, 7) is 2.16. The van der Waals surface area contributed by atoms with Crippen LogP contribution in [0, 0.1) is 18.8 Å². The van der Waals surface area contributed by atoms with Crippen LogP contribution in [0.2, 0.25) is 10.3 Å². The Bertz CT molecular complexity index is 1260. The van der Waals surface area contributed by atoms with Crippen LogP contribution >= 0.6 is 23.2 Å². The van der Waals surface area contributed by atoms with Crippen molar-refractivity contribution in [2.24, 2.45) is 4.36 Å². The Morgan fingerprint density at radius 3 is 2.76 bits per heavy atom. The van der Waals surface area contributed by atoms with E-state index in [1.54, 1.807) is 28.8 Å². The van der Waals surface area contributed by atoms with Crippen molar-refractivity contribution in [3.63, 3.8) is 0 Å². The van der Waals surface area contributed by atoms with Gasteiger partial charge in [0.1, 0.15) is 5.15 Å². The van der Waals surface area contributed by atoms with Gasteiger partial charge in [0.05, 0.1) is 28.2 Å². The Kier molecular flexibility index (Phi) is 6.38. The second-order valence-electron chi connectivity index (χ2n) is 6.23. The van der Waals surface area contributed by atoms with E-state index in [-0.39, 0.29) is 17.3 Å². The Morgan fingerprint density at radius 2 is 2.07 bits per heavy atom. The fourth-order valence-corrected chi connectivity index (χ4v) is 3.99. The molecule has 0 aliphatic carbocycles. The van der Waals surface area contributed by atoms with E-state index in [1.165, 1.54) is 25.0 Å². The number of rotatable bonds is 3. The van der Waals surface area contributed by atoms with Crippen LogP contribution in [0.5, 0.6) is 0 Å². The lowest BCUT2D eigenvalue weighted by Crippen LogP contribution is -2.05. The van der Waals surface area contributed by atoms with Gasteiger partial charge in [-0.05, 0) is 30.7 Å². The van der Waals surface area contributed by atoms with Gasteiger partial charge in [-0.15, -0.1) is 0 Å². The zero-order valence-corrected chi connectivity index (χ0v) is 17.9. The minimum absolute atomic E-state index is 0.209. The Hall–Kier alpha value is -2.66. The lowest BCUT2D eigenvalue weighted by molar-refractivity contribution is 0.100. The maximum atomic E-state index is 12.9. The molecule has 1 atom stereocenters. The highest BCUT2D eigenvalue weighted by molar-refractivity contribution is 7.93. The smallest absolute Gasteiger partial charge is 0.286 e. The number of hydrogen-bond donors (Lipinski definition) is 0. The molecule has 0 fully saturated rings. The van der Waals surface area contributed by atoms with Crippen LogP contribution in [0.15, 0.2) is 58.3 Å². The van der Waals surface area contributed by atoms with Crippen LogP contribution in [0.25, 0.3) is 0 Å². The highest BCUT2D eigenvalue weighted by atomic mass is 35.5. The van der Waals surface area contributed by atoms with Crippen LogP contribution in [0.1, 0.15) is 21.5 Å². The molecule has 0 radical (unpaired) electrons. The largest absolute Gasteiger partial charge is 0.309 e. The van der Waals surface area contributed by atoms with E-state index >= 15 is 0 Å². The van der Waals surface area contributed by atoms with E-state index in [1.807, 2.05) is 13.0 Å². The highest BCUT2D eigenvalue weighted by Gasteiger charge is 2.12. The lowest BCUT2D eigenvalue weighted by Gasteiger charge is -2.05. The Morgan fingerprint density at radius 1 is 1.28 bits per heavy atom. The van der Waals surface area contributed by atoms with Crippen LogP contribution in [0.3, 0.4) is 0 Å².